The molecule has 1 heterocycles. The number of anilines is 1. The zero-order chi connectivity index (χ0) is 23.8. The zero-order valence-corrected chi connectivity index (χ0v) is 21.2. The monoisotopic (exact) mass is 504 g/mol. The first kappa shape index (κ1) is 25.3. The van der Waals surface area contributed by atoms with E-state index in [0.717, 1.165) is 35.4 Å². The highest BCUT2D eigenvalue weighted by molar-refractivity contribution is 8.15. The van der Waals surface area contributed by atoms with Crippen molar-refractivity contribution >= 4 is 62.5 Å². The molecular weight excluding hydrogens is 476 g/mol. The third kappa shape index (κ3) is 6.39. The van der Waals surface area contributed by atoms with Crippen LogP contribution in [0.2, 0.25) is 0 Å². The summed E-state index contributed by atoms with van der Waals surface area (Å²) in [5, 5.41) is 19.8. The lowest BCUT2D eigenvalue weighted by molar-refractivity contribution is 0.0998. The van der Waals surface area contributed by atoms with Crippen LogP contribution >= 0.6 is 34.9 Å². The average Bonchev–Trinajstić information content (AvgIpc) is 3.26. The van der Waals surface area contributed by atoms with E-state index in [1.54, 1.807) is 23.1 Å². The third-order valence-electron chi connectivity index (χ3n) is 5.26. The van der Waals surface area contributed by atoms with E-state index < -0.39 is 5.91 Å². The number of unbranched alkanes of at least 4 members (excludes halogenated alkanes) is 5. The molecule has 7 nitrogen and oxygen atoms in total. The Hall–Kier alpha value is -2.30. The van der Waals surface area contributed by atoms with Crippen molar-refractivity contribution < 1.29 is 14.7 Å². The van der Waals surface area contributed by atoms with Crippen LogP contribution in [0, 0.1) is 0 Å². The van der Waals surface area contributed by atoms with Gasteiger partial charge in [-0.05, 0) is 24.8 Å². The number of nitrogens with two attached hydrogens (primary N) is 1. The number of aromatic hydroxyl groups is 1. The Bertz CT molecular complexity index is 1120. The van der Waals surface area contributed by atoms with Gasteiger partial charge in [-0.3, -0.25) is 9.59 Å². The molecule has 33 heavy (non-hydrogen) atoms. The maximum atomic E-state index is 13.4. The number of hydrogen-bond donors (Lipinski definition) is 2. The van der Waals surface area contributed by atoms with E-state index in [1.165, 1.54) is 48.4 Å². The normalized spacial score (nSPS) is 11.1. The second kappa shape index (κ2) is 12.2. The molecule has 3 N–H and O–H groups in total. The molecule has 0 aliphatic heterocycles. The van der Waals surface area contributed by atoms with Gasteiger partial charge in [-0.2, -0.15) is 0 Å². The molecule has 0 radical (unpaired) electrons. The van der Waals surface area contributed by atoms with Crippen LogP contribution in [-0.4, -0.2) is 39.3 Å². The van der Waals surface area contributed by atoms with Gasteiger partial charge in [0.1, 0.15) is 5.75 Å². The van der Waals surface area contributed by atoms with Crippen LogP contribution in [0.3, 0.4) is 0 Å². The fourth-order valence-corrected chi connectivity index (χ4v) is 5.88. The van der Waals surface area contributed by atoms with E-state index in [4.69, 9.17) is 5.73 Å². The third-order valence-corrected chi connectivity index (χ3v) is 8.10. The largest absolute Gasteiger partial charge is 0.506 e. The number of benzene rings is 2. The van der Waals surface area contributed by atoms with Crippen molar-refractivity contribution in [2.75, 3.05) is 17.7 Å². The molecule has 0 bridgehead atoms. The maximum Gasteiger partial charge on any atom is 0.293 e. The first-order chi connectivity index (χ1) is 16.0. The first-order valence-electron chi connectivity index (χ1n) is 10.9. The van der Waals surface area contributed by atoms with Gasteiger partial charge in [0, 0.05) is 29.1 Å². The molecule has 0 fully saturated rings. The number of nitrogens with zero attached hydrogens (tertiary/aromatic N) is 3. The molecule has 0 spiro atoms. The van der Waals surface area contributed by atoms with E-state index in [0.29, 0.717) is 27.3 Å². The van der Waals surface area contributed by atoms with Crippen LogP contribution in [0.1, 0.15) is 55.8 Å². The van der Waals surface area contributed by atoms with E-state index >= 15 is 0 Å². The van der Waals surface area contributed by atoms with Crippen molar-refractivity contribution in [3.05, 3.63) is 35.9 Å². The van der Waals surface area contributed by atoms with Gasteiger partial charge >= 0.3 is 0 Å². The molecular formula is C23H28N4O3S3. The summed E-state index contributed by atoms with van der Waals surface area (Å²) in [4.78, 5) is 26.8. The Labute approximate surface area is 206 Å². The minimum absolute atomic E-state index is 0.0567. The second-order valence-corrected chi connectivity index (χ2v) is 10.8. The Morgan fingerprint density at radius 1 is 1.03 bits per heavy atom. The number of hydrogen-bond acceptors (Lipinski definition) is 8. The lowest BCUT2D eigenvalue weighted by atomic mass is 10.0. The van der Waals surface area contributed by atoms with Crippen molar-refractivity contribution in [2.24, 2.45) is 5.73 Å². The Morgan fingerprint density at radius 3 is 2.45 bits per heavy atom. The van der Waals surface area contributed by atoms with Crippen LogP contribution in [0.25, 0.3) is 10.8 Å². The van der Waals surface area contributed by atoms with Crippen LogP contribution in [-0.2, 0) is 0 Å². The molecule has 2 aromatic carbocycles. The molecule has 0 aliphatic carbocycles. The molecule has 176 valence electrons. The lowest BCUT2D eigenvalue weighted by Gasteiger charge is -2.24. The molecule has 1 aromatic heterocycles. The molecule has 3 rings (SSSR count). The summed E-state index contributed by atoms with van der Waals surface area (Å²) in [7, 11) is 0. The summed E-state index contributed by atoms with van der Waals surface area (Å²) in [6.45, 7) is 2.73. The first-order valence-corrected chi connectivity index (χ1v) is 13.7. The van der Waals surface area contributed by atoms with Crippen molar-refractivity contribution in [2.45, 2.75) is 54.1 Å². The fraction of sp³-hybridized carbons (Fsp3) is 0.391. The van der Waals surface area contributed by atoms with Gasteiger partial charge in [0.25, 0.3) is 11.1 Å². The molecule has 3 aromatic rings. The van der Waals surface area contributed by atoms with Gasteiger partial charge in [-0.1, -0.05) is 80.3 Å². The van der Waals surface area contributed by atoms with Crippen molar-refractivity contribution in [1.82, 2.24) is 10.2 Å². The van der Waals surface area contributed by atoms with Crippen LogP contribution in [0.4, 0.5) is 10.5 Å². The highest BCUT2D eigenvalue weighted by atomic mass is 32.2. The minimum atomic E-state index is -0.698. The van der Waals surface area contributed by atoms with E-state index in [2.05, 4.69) is 17.1 Å². The fourth-order valence-electron chi connectivity index (χ4n) is 3.57. The number of phenols is 1. The summed E-state index contributed by atoms with van der Waals surface area (Å²) in [5.74, 6) is -0.869. The minimum Gasteiger partial charge on any atom is -0.506 e. The van der Waals surface area contributed by atoms with Gasteiger partial charge in [-0.15, -0.1) is 10.2 Å². The van der Waals surface area contributed by atoms with Crippen molar-refractivity contribution in [3.8, 4) is 5.75 Å². The van der Waals surface area contributed by atoms with Crippen LogP contribution in [0.5, 0.6) is 5.75 Å². The Balaban J connectivity index is 1.90. The molecule has 0 unspecified atom stereocenters. The second-order valence-electron chi connectivity index (χ2n) is 7.52. The van der Waals surface area contributed by atoms with Crippen molar-refractivity contribution in [3.63, 3.8) is 0 Å². The van der Waals surface area contributed by atoms with Gasteiger partial charge in [0.05, 0.1) is 11.3 Å². The Kier molecular flexibility index (Phi) is 9.40. The predicted octanol–water partition coefficient (Wildman–Crippen LogP) is 6.30. The number of carbonyl (C=O) groups is 2. The van der Waals surface area contributed by atoms with Gasteiger partial charge in [-0.25, -0.2) is 0 Å². The zero-order valence-electron chi connectivity index (χ0n) is 18.7. The van der Waals surface area contributed by atoms with Gasteiger partial charge in [0.2, 0.25) is 0 Å². The summed E-state index contributed by atoms with van der Waals surface area (Å²) in [5.41, 5.74) is 6.12. The number of aromatic nitrogens is 2. The van der Waals surface area contributed by atoms with Crippen LogP contribution in [0.15, 0.2) is 39.0 Å². The number of carbonyl (C=O) groups excluding carboxylic acids is 2. The van der Waals surface area contributed by atoms with Gasteiger partial charge in [0.15, 0.2) is 8.68 Å². The average molecular weight is 505 g/mol. The smallest absolute Gasteiger partial charge is 0.293 e. The number of rotatable bonds is 11. The lowest BCUT2D eigenvalue weighted by Crippen LogP contribution is -2.28. The molecule has 0 saturated heterocycles. The Morgan fingerprint density at radius 2 is 1.76 bits per heavy atom. The van der Waals surface area contributed by atoms with E-state index in [1.807, 2.05) is 12.3 Å². The highest BCUT2D eigenvalue weighted by Gasteiger charge is 2.22. The predicted molar refractivity (Wildman–Crippen MR) is 138 cm³/mol. The molecule has 2 amide bonds. The van der Waals surface area contributed by atoms with Crippen LogP contribution < -0.4 is 10.6 Å². The maximum absolute atomic E-state index is 13.4. The number of primary amides is 1. The quantitative estimate of drug-likeness (QED) is 0.233. The summed E-state index contributed by atoms with van der Waals surface area (Å²) in [6.07, 6.45) is 8.56. The molecule has 0 aliphatic rings. The molecule has 0 atom stereocenters. The van der Waals surface area contributed by atoms with E-state index in [9.17, 15) is 14.7 Å². The van der Waals surface area contributed by atoms with Gasteiger partial charge < -0.3 is 15.7 Å². The molecule has 10 heteroatoms. The topological polar surface area (TPSA) is 109 Å². The summed E-state index contributed by atoms with van der Waals surface area (Å²) in [6, 6.07) is 8.57. The van der Waals surface area contributed by atoms with E-state index in [-0.39, 0.29) is 16.6 Å². The summed E-state index contributed by atoms with van der Waals surface area (Å²) >= 11 is 3.94. The number of fused-ring (bicyclic) bond motifs is 1. The number of thioether (sulfide) groups is 2. The standard InChI is InChI=1S/C23H28N4O3S3/c1-3-4-5-6-7-8-14-27(23(30)33-22-26-25-21(31-2)32-22)18-11-9-10-16-15(18)12-13-17(19(16)28)20(24)29/h9-13,28H,3-8,14H2,1-2H3,(H2,24,29). The van der Waals surface area contributed by atoms with Crippen molar-refractivity contribution in [1.29, 1.82) is 0 Å². The number of amides is 2. The highest BCUT2D eigenvalue weighted by Crippen LogP contribution is 2.37. The summed E-state index contributed by atoms with van der Waals surface area (Å²) < 4.78 is 1.40. The molecule has 0 saturated carbocycles. The SMILES string of the molecule is CCCCCCCCN(C(=O)Sc1nnc(SC)s1)c1cccc2c(O)c(C(N)=O)ccc12.